The van der Waals surface area contributed by atoms with Gasteiger partial charge in [-0.2, -0.15) is 0 Å². The monoisotopic (exact) mass is 480 g/mol. The molecule has 0 aliphatic heterocycles. The third-order valence-electron chi connectivity index (χ3n) is 2.68. The molecule has 5 nitrogen and oxygen atoms in total. The summed E-state index contributed by atoms with van der Waals surface area (Å²) in [7, 11) is 1.72. The van der Waals surface area contributed by atoms with E-state index < -0.39 is 0 Å². The predicted octanol–water partition coefficient (Wildman–Crippen LogP) is 2.54. The van der Waals surface area contributed by atoms with Crippen LogP contribution in [-0.4, -0.2) is 38.5 Å². The zero-order valence-electron chi connectivity index (χ0n) is 12.6. The van der Waals surface area contributed by atoms with Crippen LogP contribution in [0.5, 0.6) is 0 Å². The Balaban J connectivity index is 0.00000441. The first-order chi connectivity index (χ1) is 10.2. The first kappa shape index (κ1) is 20.9. The molecule has 0 saturated heterocycles. The van der Waals surface area contributed by atoms with Gasteiger partial charge in [0.25, 0.3) is 5.91 Å². The summed E-state index contributed by atoms with van der Waals surface area (Å²) >= 11 is 3.34. The standard InChI is InChI=1S/C15H21BrN4O.HI/c1-3-9-19-15(17-2)20-11-4-10-18-14(21)12-5-7-13(16)8-6-12;/h3,5-8H,1,4,9-11H2,2H3,(H,18,21)(H2,17,19,20);1H. The molecule has 22 heavy (non-hydrogen) atoms. The van der Waals surface area contributed by atoms with Crippen molar-refractivity contribution in [1.82, 2.24) is 16.0 Å². The lowest BCUT2D eigenvalue weighted by Crippen LogP contribution is -2.38. The predicted molar refractivity (Wildman–Crippen MR) is 106 cm³/mol. The number of nitrogens with one attached hydrogen (secondary N) is 3. The van der Waals surface area contributed by atoms with Gasteiger partial charge in [-0.3, -0.25) is 9.79 Å². The summed E-state index contributed by atoms with van der Waals surface area (Å²) in [6.45, 7) is 5.65. The van der Waals surface area contributed by atoms with Crippen molar-refractivity contribution in [2.45, 2.75) is 6.42 Å². The molecule has 0 atom stereocenters. The highest BCUT2D eigenvalue weighted by atomic mass is 127. The molecule has 1 amide bonds. The zero-order valence-corrected chi connectivity index (χ0v) is 16.5. The Morgan fingerprint density at radius 1 is 1.23 bits per heavy atom. The molecule has 7 heteroatoms. The maximum absolute atomic E-state index is 11.9. The van der Waals surface area contributed by atoms with E-state index in [2.05, 4.69) is 43.5 Å². The minimum atomic E-state index is -0.0586. The van der Waals surface area contributed by atoms with Crippen molar-refractivity contribution < 1.29 is 4.79 Å². The number of rotatable bonds is 7. The maximum Gasteiger partial charge on any atom is 0.251 e. The van der Waals surface area contributed by atoms with Crippen LogP contribution in [0.15, 0.2) is 46.4 Å². The molecule has 0 aliphatic rings. The number of aliphatic imine (C=N–C) groups is 1. The Hall–Kier alpha value is -1.09. The molecule has 1 rings (SSSR count). The van der Waals surface area contributed by atoms with Crippen molar-refractivity contribution >= 4 is 51.8 Å². The Morgan fingerprint density at radius 3 is 2.45 bits per heavy atom. The van der Waals surface area contributed by atoms with Crippen molar-refractivity contribution in [3.8, 4) is 0 Å². The second-order valence-electron chi connectivity index (χ2n) is 4.28. The first-order valence-electron chi connectivity index (χ1n) is 6.76. The molecule has 0 unspecified atom stereocenters. The van der Waals surface area contributed by atoms with E-state index in [0.29, 0.717) is 18.7 Å². The van der Waals surface area contributed by atoms with Gasteiger partial charge in [-0.15, -0.1) is 30.6 Å². The summed E-state index contributed by atoms with van der Waals surface area (Å²) in [6, 6.07) is 7.29. The largest absolute Gasteiger partial charge is 0.356 e. The van der Waals surface area contributed by atoms with E-state index in [4.69, 9.17) is 0 Å². The molecule has 1 aromatic carbocycles. The number of amides is 1. The summed E-state index contributed by atoms with van der Waals surface area (Å²) in [6.07, 6.45) is 2.59. The van der Waals surface area contributed by atoms with Crippen LogP contribution < -0.4 is 16.0 Å². The molecule has 0 heterocycles. The highest BCUT2D eigenvalue weighted by Crippen LogP contribution is 2.10. The SMILES string of the molecule is C=CCNC(=NC)NCCCNC(=O)c1ccc(Br)cc1.I. The van der Waals surface area contributed by atoms with Gasteiger partial charge in [-0.05, 0) is 30.7 Å². The Morgan fingerprint density at radius 2 is 1.86 bits per heavy atom. The number of halogens is 2. The van der Waals surface area contributed by atoms with E-state index in [9.17, 15) is 4.79 Å². The normalized spacial score (nSPS) is 10.4. The Kier molecular flexibility index (Phi) is 11.8. The molecule has 0 aliphatic carbocycles. The summed E-state index contributed by atoms with van der Waals surface area (Å²) in [5.74, 6) is 0.672. The van der Waals surface area contributed by atoms with Crippen molar-refractivity contribution in [1.29, 1.82) is 0 Å². The topological polar surface area (TPSA) is 65.5 Å². The van der Waals surface area contributed by atoms with E-state index in [1.807, 2.05) is 12.1 Å². The highest BCUT2D eigenvalue weighted by molar-refractivity contribution is 14.0. The Bertz CT molecular complexity index is 491. The van der Waals surface area contributed by atoms with Crippen LogP contribution in [0, 0.1) is 0 Å². The van der Waals surface area contributed by atoms with Gasteiger partial charge in [0.05, 0.1) is 0 Å². The lowest BCUT2D eigenvalue weighted by molar-refractivity contribution is 0.0953. The average Bonchev–Trinajstić information content (AvgIpc) is 2.50. The average molecular weight is 481 g/mol. The van der Waals surface area contributed by atoms with Gasteiger partial charge < -0.3 is 16.0 Å². The summed E-state index contributed by atoms with van der Waals surface area (Å²) in [5, 5.41) is 9.12. The number of carbonyl (C=O) groups excluding carboxylic acids is 1. The molecule has 0 radical (unpaired) electrons. The zero-order chi connectivity index (χ0) is 15.5. The quantitative estimate of drug-likeness (QED) is 0.185. The minimum Gasteiger partial charge on any atom is -0.356 e. The van der Waals surface area contributed by atoms with Gasteiger partial charge in [0.2, 0.25) is 0 Å². The fourth-order valence-electron chi connectivity index (χ4n) is 1.59. The molecular formula is C15H22BrIN4O. The number of nitrogens with zero attached hydrogens (tertiary/aromatic N) is 1. The van der Waals surface area contributed by atoms with Gasteiger partial charge in [0.1, 0.15) is 0 Å². The van der Waals surface area contributed by atoms with E-state index in [0.717, 1.165) is 23.4 Å². The van der Waals surface area contributed by atoms with E-state index in [1.165, 1.54) is 0 Å². The van der Waals surface area contributed by atoms with Crippen molar-refractivity contribution in [2.75, 3.05) is 26.7 Å². The first-order valence-corrected chi connectivity index (χ1v) is 7.56. The molecule has 0 bridgehead atoms. The number of hydrogen-bond acceptors (Lipinski definition) is 2. The van der Waals surface area contributed by atoms with Crippen LogP contribution in [0.2, 0.25) is 0 Å². The van der Waals surface area contributed by atoms with Crippen molar-refractivity contribution in [3.63, 3.8) is 0 Å². The number of guanidine groups is 1. The van der Waals surface area contributed by atoms with Crippen LogP contribution in [0.4, 0.5) is 0 Å². The second kappa shape index (κ2) is 12.5. The Labute approximate surface area is 157 Å². The van der Waals surface area contributed by atoms with Crippen LogP contribution in [0.1, 0.15) is 16.8 Å². The molecule has 0 spiro atoms. The number of carbonyl (C=O) groups is 1. The third kappa shape index (κ3) is 8.38. The molecular weight excluding hydrogens is 459 g/mol. The highest BCUT2D eigenvalue weighted by Gasteiger charge is 2.03. The molecule has 0 aromatic heterocycles. The summed E-state index contributed by atoms with van der Waals surface area (Å²) in [5.41, 5.74) is 0.662. The number of hydrogen-bond donors (Lipinski definition) is 3. The summed E-state index contributed by atoms with van der Waals surface area (Å²) < 4.78 is 0.960. The molecule has 0 saturated carbocycles. The lowest BCUT2D eigenvalue weighted by atomic mass is 10.2. The van der Waals surface area contributed by atoms with Crippen LogP contribution in [0.3, 0.4) is 0 Å². The van der Waals surface area contributed by atoms with Crippen molar-refractivity contribution in [2.24, 2.45) is 4.99 Å². The van der Waals surface area contributed by atoms with E-state index in [-0.39, 0.29) is 29.9 Å². The van der Waals surface area contributed by atoms with Crippen molar-refractivity contribution in [3.05, 3.63) is 47.0 Å². The van der Waals surface area contributed by atoms with Gasteiger partial charge in [0, 0.05) is 36.7 Å². The van der Waals surface area contributed by atoms with Crippen LogP contribution in [0.25, 0.3) is 0 Å². The van der Waals surface area contributed by atoms with Crippen LogP contribution in [-0.2, 0) is 0 Å². The smallest absolute Gasteiger partial charge is 0.251 e. The molecule has 3 N–H and O–H groups in total. The van der Waals surface area contributed by atoms with E-state index >= 15 is 0 Å². The summed E-state index contributed by atoms with van der Waals surface area (Å²) in [4.78, 5) is 15.9. The molecule has 1 aromatic rings. The van der Waals surface area contributed by atoms with Gasteiger partial charge in [-0.1, -0.05) is 22.0 Å². The third-order valence-corrected chi connectivity index (χ3v) is 3.20. The van der Waals surface area contributed by atoms with Crippen LogP contribution >= 0.6 is 39.9 Å². The fourth-order valence-corrected chi connectivity index (χ4v) is 1.85. The number of benzene rings is 1. The van der Waals surface area contributed by atoms with Gasteiger partial charge >= 0.3 is 0 Å². The van der Waals surface area contributed by atoms with E-state index in [1.54, 1.807) is 25.3 Å². The second-order valence-corrected chi connectivity index (χ2v) is 5.20. The molecule has 122 valence electrons. The lowest BCUT2D eigenvalue weighted by Gasteiger charge is -2.10. The van der Waals surface area contributed by atoms with Gasteiger partial charge in [-0.25, -0.2) is 0 Å². The minimum absolute atomic E-state index is 0. The fraction of sp³-hybridized carbons (Fsp3) is 0.333. The maximum atomic E-state index is 11.9. The molecule has 0 fully saturated rings. The van der Waals surface area contributed by atoms with Gasteiger partial charge in [0.15, 0.2) is 5.96 Å².